The average Bonchev–Trinajstić information content (AvgIpc) is 2.69. The van der Waals surface area contributed by atoms with E-state index in [0.29, 0.717) is 19.5 Å². The lowest BCUT2D eigenvalue weighted by Gasteiger charge is -2.25. The van der Waals surface area contributed by atoms with Crippen LogP contribution in [0.1, 0.15) is 24.0 Å². The zero-order chi connectivity index (χ0) is 19.1. The molecule has 0 unspecified atom stereocenters. The first-order valence-corrected chi connectivity index (χ1v) is 9.18. The fraction of sp³-hybridized carbons (Fsp3) is 0.318. The van der Waals surface area contributed by atoms with E-state index in [-0.39, 0.29) is 11.7 Å². The molecule has 2 aromatic carbocycles. The van der Waals surface area contributed by atoms with Gasteiger partial charge in [0, 0.05) is 26.1 Å². The van der Waals surface area contributed by atoms with Gasteiger partial charge in [-0.15, -0.1) is 0 Å². The minimum atomic E-state index is -0.287. The molecule has 1 amide bonds. The Hall–Kier alpha value is -2.66. The number of halogens is 1. The number of rotatable bonds is 7. The number of hydrogen-bond donors (Lipinski definition) is 1. The van der Waals surface area contributed by atoms with Crippen molar-refractivity contribution in [3.8, 4) is 5.75 Å². The maximum atomic E-state index is 13.6. The van der Waals surface area contributed by atoms with E-state index in [4.69, 9.17) is 4.74 Å². The highest BCUT2D eigenvalue weighted by Crippen LogP contribution is 2.18. The van der Waals surface area contributed by atoms with Crippen LogP contribution in [0, 0.1) is 5.82 Å². The number of amides is 1. The molecule has 0 aliphatic carbocycles. The smallest absolute Gasteiger partial charge is 0.227 e. The van der Waals surface area contributed by atoms with Gasteiger partial charge in [-0.1, -0.05) is 35.9 Å². The molecule has 2 aromatic rings. The van der Waals surface area contributed by atoms with Crippen LogP contribution >= 0.6 is 0 Å². The van der Waals surface area contributed by atoms with E-state index in [1.165, 1.54) is 12.1 Å². The second-order valence-electron chi connectivity index (χ2n) is 6.72. The van der Waals surface area contributed by atoms with Crippen LogP contribution in [0.3, 0.4) is 0 Å². The van der Waals surface area contributed by atoms with Gasteiger partial charge in [-0.05, 0) is 48.4 Å². The number of nitrogens with one attached hydrogen (secondary N) is 1. The van der Waals surface area contributed by atoms with Gasteiger partial charge in [0.15, 0.2) is 0 Å². The van der Waals surface area contributed by atoms with Crippen molar-refractivity contribution in [2.75, 3.05) is 20.2 Å². The maximum absolute atomic E-state index is 13.6. The van der Waals surface area contributed by atoms with Crippen LogP contribution in [0.4, 0.5) is 4.39 Å². The van der Waals surface area contributed by atoms with E-state index < -0.39 is 0 Å². The van der Waals surface area contributed by atoms with Crippen LogP contribution in [0.15, 0.2) is 60.2 Å². The van der Waals surface area contributed by atoms with Crippen molar-refractivity contribution < 1.29 is 13.9 Å². The lowest BCUT2D eigenvalue weighted by molar-refractivity contribution is -0.131. The van der Waals surface area contributed by atoms with E-state index in [1.54, 1.807) is 18.1 Å². The van der Waals surface area contributed by atoms with Crippen molar-refractivity contribution in [1.29, 1.82) is 0 Å². The Labute approximate surface area is 159 Å². The highest BCUT2D eigenvalue weighted by molar-refractivity contribution is 5.78. The van der Waals surface area contributed by atoms with E-state index in [9.17, 15) is 9.18 Å². The quantitative estimate of drug-likeness (QED) is 0.758. The van der Waals surface area contributed by atoms with Crippen molar-refractivity contribution in [2.45, 2.75) is 25.9 Å². The molecule has 0 radical (unpaired) electrons. The Morgan fingerprint density at radius 2 is 1.93 bits per heavy atom. The molecule has 1 N–H and O–H groups in total. The molecule has 0 spiro atoms. The lowest BCUT2D eigenvalue weighted by Crippen LogP contribution is -2.31. The molecule has 0 saturated carbocycles. The summed E-state index contributed by atoms with van der Waals surface area (Å²) in [6.07, 6.45) is 3.39. The molecular weight excluding hydrogens is 343 g/mol. The summed E-state index contributed by atoms with van der Waals surface area (Å²) < 4.78 is 18.8. The van der Waals surface area contributed by atoms with Gasteiger partial charge in [0.25, 0.3) is 0 Å². The number of ether oxygens (including phenoxy) is 1. The third kappa shape index (κ3) is 5.66. The summed E-state index contributed by atoms with van der Waals surface area (Å²) in [5.41, 5.74) is 2.97. The molecule has 4 nitrogen and oxygen atoms in total. The normalized spacial score (nSPS) is 13.8. The van der Waals surface area contributed by atoms with E-state index in [2.05, 4.69) is 11.4 Å². The maximum Gasteiger partial charge on any atom is 0.227 e. The molecule has 0 aromatic heterocycles. The number of carbonyl (C=O) groups excluding carboxylic acids is 1. The van der Waals surface area contributed by atoms with E-state index in [1.807, 2.05) is 30.3 Å². The van der Waals surface area contributed by atoms with Crippen molar-refractivity contribution in [3.05, 3.63) is 77.1 Å². The molecule has 0 atom stereocenters. The Kier molecular flexibility index (Phi) is 6.60. The van der Waals surface area contributed by atoms with Gasteiger partial charge in [-0.3, -0.25) is 4.79 Å². The topological polar surface area (TPSA) is 41.6 Å². The zero-order valence-corrected chi connectivity index (χ0v) is 15.6. The Balaban J connectivity index is 1.76. The summed E-state index contributed by atoms with van der Waals surface area (Å²) in [5, 5.41) is 3.26. The molecule has 0 saturated heterocycles. The summed E-state index contributed by atoms with van der Waals surface area (Å²) >= 11 is 0. The molecule has 0 bridgehead atoms. The average molecular weight is 368 g/mol. The lowest BCUT2D eigenvalue weighted by atomic mass is 10.0. The van der Waals surface area contributed by atoms with Gasteiger partial charge < -0.3 is 15.0 Å². The SMILES string of the molecule is COc1ccc(CN(Cc2cccc(F)c2)C(=O)CC2=CCNCC2)cc1. The van der Waals surface area contributed by atoms with Crippen molar-refractivity contribution in [1.82, 2.24) is 10.2 Å². The first-order chi connectivity index (χ1) is 13.1. The molecule has 1 heterocycles. The Morgan fingerprint density at radius 1 is 1.15 bits per heavy atom. The molecule has 5 heteroatoms. The highest BCUT2D eigenvalue weighted by atomic mass is 19.1. The third-order valence-electron chi connectivity index (χ3n) is 4.68. The Morgan fingerprint density at radius 3 is 2.59 bits per heavy atom. The minimum absolute atomic E-state index is 0.0585. The third-order valence-corrected chi connectivity index (χ3v) is 4.68. The summed E-state index contributed by atoms with van der Waals surface area (Å²) in [5.74, 6) is 0.551. The van der Waals surface area contributed by atoms with E-state index >= 15 is 0 Å². The van der Waals surface area contributed by atoms with Gasteiger partial charge in [0.2, 0.25) is 5.91 Å². The number of methoxy groups -OCH3 is 1. The van der Waals surface area contributed by atoms with Gasteiger partial charge in [0.1, 0.15) is 11.6 Å². The molecule has 0 fully saturated rings. The first kappa shape index (κ1) is 19.1. The standard InChI is InChI=1S/C22H25FN2O2/c1-27-21-7-5-18(6-8-21)15-25(16-19-3-2-4-20(23)13-19)22(26)14-17-9-11-24-12-10-17/h2-9,13,24H,10-12,14-16H2,1H3. The summed E-state index contributed by atoms with van der Waals surface area (Å²) in [4.78, 5) is 14.8. The van der Waals surface area contributed by atoms with Crippen molar-refractivity contribution >= 4 is 5.91 Å². The minimum Gasteiger partial charge on any atom is -0.497 e. The second kappa shape index (κ2) is 9.33. The molecule has 1 aliphatic heterocycles. The molecular formula is C22H25FN2O2. The van der Waals surface area contributed by atoms with Crippen LogP contribution in [0.25, 0.3) is 0 Å². The summed E-state index contributed by atoms with van der Waals surface area (Å²) in [6.45, 7) is 2.57. The fourth-order valence-electron chi connectivity index (χ4n) is 3.18. The largest absolute Gasteiger partial charge is 0.497 e. The first-order valence-electron chi connectivity index (χ1n) is 9.18. The number of benzene rings is 2. The van der Waals surface area contributed by atoms with Crippen LogP contribution in [0.5, 0.6) is 5.75 Å². The van der Waals surface area contributed by atoms with Crippen LogP contribution < -0.4 is 10.1 Å². The fourth-order valence-corrected chi connectivity index (χ4v) is 3.18. The number of carbonyl (C=O) groups is 1. The molecule has 3 rings (SSSR count). The van der Waals surface area contributed by atoms with Gasteiger partial charge in [-0.2, -0.15) is 0 Å². The highest BCUT2D eigenvalue weighted by Gasteiger charge is 2.17. The van der Waals surface area contributed by atoms with Crippen molar-refractivity contribution in [2.24, 2.45) is 0 Å². The van der Waals surface area contributed by atoms with Gasteiger partial charge in [-0.25, -0.2) is 4.39 Å². The second-order valence-corrected chi connectivity index (χ2v) is 6.72. The van der Waals surface area contributed by atoms with Crippen molar-refractivity contribution in [3.63, 3.8) is 0 Å². The predicted octanol–water partition coefficient (Wildman–Crippen LogP) is 3.67. The van der Waals surface area contributed by atoms with Crippen LogP contribution in [-0.2, 0) is 17.9 Å². The summed E-state index contributed by atoms with van der Waals surface area (Å²) in [7, 11) is 1.63. The van der Waals surface area contributed by atoms with Gasteiger partial charge >= 0.3 is 0 Å². The zero-order valence-electron chi connectivity index (χ0n) is 15.6. The van der Waals surface area contributed by atoms with Gasteiger partial charge in [0.05, 0.1) is 7.11 Å². The predicted molar refractivity (Wildman–Crippen MR) is 104 cm³/mol. The molecule has 142 valence electrons. The Bertz CT molecular complexity index is 802. The number of hydrogen-bond acceptors (Lipinski definition) is 3. The molecule has 27 heavy (non-hydrogen) atoms. The monoisotopic (exact) mass is 368 g/mol. The summed E-state index contributed by atoms with van der Waals surface area (Å²) in [6, 6.07) is 14.1. The van der Waals surface area contributed by atoms with E-state index in [0.717, 1.165) is 42.0 Å². The number of nitrogens with zero attached hydrogens (tertiary/aromatic N) is 1. The molecule has 1 aliphatic rings. The van der Waals surface area contributed by atoms with Crippen LogP contribution in [-0.4, -0.2) is 31.0 Å². The van der Waals surface area contributed by atoms with Crippen LogP contribution in [0.2, 0.25) is 0 Å².